The number of hydrogen-bond acceptors (Lipinski definition) is 3. The first-order chi connectivity index (χ1) is 16.0. The van der Waals surface area contributed by atoms with E-state index in [0.29, 0.717) is 17.4 Å². The van der Waals surface area contributed by atoms with Crippen LogP contribution in [0.3, 0.4) is 0 Å². The Morgan fingerprint density at radius 3 is 2.00 bits per heavy atom. The molecule has 1 fully saturated rings. The van der Waals surface area contributed by atoms with Crippen LogP contribution in [0.2, 0.25) is 0 Å². The Morgan fingerprint density at radius 2 is 1.39 bits per heavy atom. The van der Waals surface area contributed by atoms with Crippen molar-refractivity contribution in [1.29, 1.82) is 0 Å². The van der Waals surface area contributed by atoms with Crippen molar-refractivity contribution in [2.75, 3.05) is 26.7 Å². The van der Waals surface area contributed by atoms with Gasteiger partial charge in [-0.15, -0.1) is 0 Å². The summed E-state index contributed by atoms with van der Waals surface area (Å²) in [5.74, 6) is -0.0865. The molecule has 0 saturated carbocycles. The number of piperidine rings is 1. The quantitative estimate of drug-likeness (QED) is 0.272. The zero-order valence-electron chi connectivity index (χ0n) is 19.2. The number of nitrogens with zero attached hydrogens (tertiary/aromatic N) is 1. The topological polar surface area (TPSA) is 43.4 Å². The first kappa shape index (κ1) is 22.9. The predicted octanol–water partition coefficient (Wildman–Crippen LogP) is 5.25. The number of rotatable bonds is 8. The maximum absolute atomic E-state index is 13.1. The molecule has 0 N–H and O–H groups in total. The van der Waals surface area contributed by atoms with E-state index in [4.69, 9.17) is 4.74 Å². The van der Waals surface area contributed by atoms with Crippen LogP contribution >= 0.6 is 0 Å². The van der Waals surface area contributed by atoms with Crippen molar-refractivity contribution in [3.05, 3.63) is 108 Å². The zero-order valence-corrected chi connectivity index (χ0v) is 19.2. The summed E-state index contributed by atoms with van der Waals surface area (Å²) >= 11 is 0. The molecule has 3 aromatic rings. The highest BCUT2D eigenvalue weighted by molar-refractivity contribution is 5.96. The number of esters is 1. The van der Waals surface area contributed by atoms with Gasteiger partial charge in [0.2, 0.25) is 5.78 Å². The van der Waals surface area contributed by atoms with Crippen molar-refractivity contribution in [3.63, 3.8) is 0 Å². The maximum Gasteiger partial charge on any atom is 0.310 e. The zero-order chi connectivity index (χ0) is 23.1. The second kappa shape index (κ2) is 10.6. The number of benzene rings is 3. The number of likely N-dealkylation sites (N-methyl/N-ethyl adjacent to an activating group) is 1. The Kier molecular flexibility index (Phi) is 7.36. The third-order valence-electron chi connectivity index (χ3n) is 6.68. The summed E-state index contributed by atoms with van der Waals surface area (Å²) in [4.78, 5) is 25.8. The average molecular weight is 443 g/mol. The highest BCUT2D eigenvalue weighted by atomic mass is 16.5. The summed E-state index contributed by atoms with van der Waals surface area (Å²) < 4.78 is 6.76. The molecule has 3 aromatic carbocycles. The molecule has 33 heavy (non-hydrogen) atoms. The van der Waals surface area contributed by atoms with Crippen molar-refractivity contribution in [1.82, 2.24) is 0 Å². The monoisotopic (exact) mass is 442 g/mol. The molecule has 1 aliphatic rings. The van der Waals surface area contributed by atoms with E-state index in [2.05, 4.69) is 19.2 Å². The second-order valence-corrected chi connectivity index (χ2v) is 9.31. The number of ketones is 1. The smallest absolute Gasteiger partial charge is 0.310 e. The van der Waals surface area contributed by atoms with Gasteiger partial charge < -0.3 is 9.22 Å². The van der Waals surface area contributed by atoms with E-state index in [1.165, 1.54) is 0 Å². The molecular formula is C29H32NO3+. The van der Waals surface area contributed by atoms with Gasteiger partial charge in [-0.3, -0.25) is 9.59 Å². The Hall–Kier alpha value is -3.24. The summed E-state index contributed by atoms with van der Waals surface area (Å²) in [6.07, 6.45) is 1.83. The molecule has 4 nitrogen and oxygen atoms in total. The summed E-state index contributed by atoms with van der Waals surface area (Å²) in [6.45, 7) is 2.06. The maximum atomic E-state index is 13.1. The Morgan fingerprint density at radius 1 is 0.848 bits per heavy atom. The number of likely N-dealkylation sites (tertiary alicyclic amines) is 1. The van der Waals surface area contributed by atoms with E-state index in [9.17, 15) is 9.59 Å². The minimum absolute atomic E-state index is 0.120. The van der Waals surface area contributed by atoms with Crippen LogP contribution in [0, 0.1) is 5.92 Å². The lowest BCUT2D eigenvalue weighted by molar-refractivity contribution is -0.906. The molecule has 0 unspecified atom stereocenters. The van der Waals surface area contributed by atoms with Crippen LogP contribution in [0.5, 0.6) is 0 Å². The van der Waals surface area contributed by atoms with Crippen LogP contribution in [0.25, 0.3) is 0 Å². The minimum atomic E-state index is -0.302. The SMILES string of the molecule is C[N+]1(CC(=O)c2ccccc2)CCC(C(=O)O[C@H](Cc2ccccc2)c2ccccc2)CC1. The molecule has 0 spiro atoms. The lowest BCUT2D eigenvalue weighted by atomic mass is 9.94. The molecule has 4 heteroatoms. The van der Waals surface area contributed by atoms with E-state index in [1.54, 1.807) is 0 Å². The normalized spacial score (nSPS) is 21.2. The highest BCUT2D eigenvalue weighted by Gasteiger charge is 2.36. The van der Waals surface area contributed by atoms with Crippen LogP contribution in [0.4, 0.5) is 0 Å². The van der Waals surface area contributed by atoms with Crippen molar-refractivity contribution in [2.45, 2.75) is 25.4 Å². The van der Waals surface area contributed by atoms with Crippen LogP contribution < -0.4 is 0 Å². The van der Waals surface area contributed by atoms with Crippen molar-refractivity contribution in [2.24, 2.45) is 5.92 Å². The summed E-state index contributed by atoms with van der Waals surface area (Å²) in [5, 5.41) is 0. The first-order valence-corrected chi connectivity index (χ1v) is 11.7. The number of Topliss-reactive ketones (excluding diaryl/α,β-unsaturated/α-hetero) is 1. The van der Waals surface area contributed by atoms with Gasteiger partial charge >= 0.3 is 5.97 Å². The fourth-order valence-electron chi connectivity index (χ4n) is 4.61. The highest BCUT2D eigenvalue weighted by Crippen LogP contribution is 2.28. The fourth-order valence-corrected chi connectivity index (χ4v) is 4.61. The van der Waals surface area contributed by atoms with E-state index in [1.807, 2.05) is 78.9 Å². The molecule has 1 heterocycles. The van der Waals surface area contributed by atoms with Crippen molar-refractivity contribution >= 4 is 11.8 Å². The molecule has 1 saturated heterocycles. The standard InChI is InChI=1S/C29H32NO3/c1-30(22-27(31)24-13-7-3-8-14-24)19-17-26(18-20-30)29(32)33-28(25-15-9-4-10-16-25)21-23-11-5-2-6-12-23/h2-16,26,28H,17-22H2,1H3/q+1/t26?,28-,30?/m1/s1. The fraction of sp³-hybridized carbons (Fsp3) is 0.310. The average Bonchev–Trinajstić information content (AvgIpc) is 2.85. The predicted molar refractivity (Wildman–Crippen MR) is 130 cm³/mol. The van der Waals surface area contributed by atoms with Crippen molar-refractivity contribution in [3.8, 4) is 0 Å². The van der Waals surface area contributed by atoms with Crippen LogP contribution in [0.15, 0.2) is 91.0 Å². The molecule has 0 radical (unpaired) electrons. The van der Waals surface area contributed by atoms with E-state index < -0.39 is 0 Å². The number of carbonyl (C=O) groups is 2. The molecule has 0 aliphatic carbocycles. The number of quaternary nitrogens is 1. The van der Waals surface area contributed by atoms with Gasteiger partial charge in [-0.05, 0) is 11.1 Å². The van der Waals surface area contributed by atoms with Gasteiger partial charge in [-0.2, -0.15) is 0 Å². The van der Waals surface area contributed by atoms with Gasteiger partial charge in [0.15, 0.2) is 0 Å². The molecule has 170 valence electrons. The summed E-state index contributed by atoms with van der Waals surface area (Å²) in [6, 6.07) is 29.6. The molecular weight excluding hydrogens is 410 g/mol. The van der Waals surface area contributed by atoms with E-state index in [0.717, 1.165) is 42.6 Å². The molecule has 0 bridgehead atoms. The summed E-state index contributed by atoms with van der Waals surface area (Å²) in [7, 11) is 2.12. The van der Waals surface area contributed by atoms with Crippen LogP contribution in [-0.2, 0) is 16.0 Å². The third-order valence-corrected chi connectivity index (χ3v) is 6.68. The van der Waals surface area contributed by atoms with Crippen LogP contribution in [0.1, 0.15) is 40.4 Å². The Bertz CT molecular complexity index is 1040. The van der Waals surface area contributed by atoms with E-state index in [-0.39, 0.29) is 23.8 Å². The third kappa shape index (κ3) is 6.17. The molecule has 0 aromatic heterocycles. The van der Waals surface area contributed by atoms with Crippen LogP contribution in [-0.4, -0.2) is 42.9 Å². The first-order valence-electron chi connectivity index (χ1n) is 11.7. The van der Waals surface area contributed by atoms with Gasteiger partial charge in [0, 0.05) is 24.8 Å². The number of carbonyl (C=O) groups excluding carboxylic acids is 2. The molecule has 1 aliphatic heterocycles. The van der Waals surface area contributed by atoms with Crippen molar-refractivity contribution < 1.29 is 18.8 Å². The number of hydrogen-bond donors (Lipinski definition) is 0. The second-order valence-electron chi connectivity index (χ2n) is 9.31. The molecule has 1 atom stereocenters. The van der Waals surface area contributed by atoms with Gasteiger partial charge in [-0.25, -0.2) is 0 Å². The van der Waals surface area contributed by atoms with E-state index >= 15 is 0 Å². The molecule has 0 amide bonds. The lowest BCUT2D eigenvalue weighted by Crippen LogP contribution is -2.53. The summed E-state index contributed by atoms with van der Waals surface area (Å²) in [5.41, 5.74) is 2.91. The van der Waals surface area contributed by atoms with Gasteiger partial charge in [0.25, 0.3) is 0 Å². The van der Waals surface area contributed by atoms with Gasteiger partial charge in [-0.1, -0.05) is 91.0 Å². The minimum Gasteiger partial charge on any atom is -0.457 e. The number of ether oxygens (including phenoxy) is 1. The molecule has 4 rings (SSSR count). The lowest BCUT2D eigenvalue weighted by Gasteiger charge is -2.39. The van der Waals surface area contributed by atoms with Gasteiger partial charge in [0.1, 0.15) is 12.6 Å². The Labute approximate surface area is 196 Å². The largest absolute Gasteiger partial charge is 0.457 e. The van der Waals surface area contributed by atoms with Gasteiger partial charge in [0.05, 0.1) is 26.1 Å². The Balaban J connectivity index is 1.37.